The first kappa shape index (κ1) is 17.5. The molecule has 0 saturated carbocycles. The van der Waals surface area contributed by atoms with Crippen LogP contribution in [-0.2, 0) is 6.42 Å². The molecule has 0 amide bonds. The highest BCUT2D eigenvalue weighted by Crippen LogP contribution is 2.24. The summed E-state index contributed by atoms with van der Waals surface area (Å²) < 4.78 is 0. The molecule has 0 aliphatic carbocycles. The quantitative estimate of drug-likeness (QED) is 0.447. The Hall–Kier alpha value is -3.60. The van der Waals surface area contributed by atoms with Gasteiger partial charge in [-0.2, -0.15) is 0 Å². The molecule has 144 valence electrons. The Balaban J connectivity index is 1.90. The SMILES string of the molecule is CCc1ccc2c(=O)c3cc4[nH]c5ccc(N(C)C)cc5c(=O)c4cc3[nH]c2c1. The predicted molar refractivity (Wildman–Crippen MR) is 121 cm³/mol. The number of hydrogen-bond acceptors (Lipinski definition) is 3. The minimum atomic E-state index is -0.0393. The summed E-state index contributed by atoms with van der Waals surface area (Å²) in [6.07, 6.45) is 0.896. The third-order valence-electron chi connectivity index (χ3n) is 5.69. The maximum atomic E-state index is 13.2. The second-order valence-corrected chi connectivity index (χ2v) is 7.71. The van der Waals surface area contributed by atoms with Gasteiger partial charge in [-0.3, -0.25) is 9.59 Å². The second kappa shape index (κ2) is 6.21. The Bertz CT molecular complexity index is 1560. The van der Waals surface area contributed by atoms with Crippen LogP contribution in [0.3, 0.4) is 0 Å². The summed E-state index contributed by atoms with van der Waals surface area (Å²) in [5.74, 6) is 0. The lowest BCUT2D eigenvalue weighted by Gasteiger charge is -2.13. The van der Waals surface area contributed by atoms with Gasteiger partial charge in [-0.15, -0.1) is 0 Å². The number of pyridine rings is 2. The summed E-state index contributed by atoms with van der Waals surface area (Å²) in [7, 11) is 3.90. The van der Waals surface area contributed by atoms with E-state index >= 15 is 0 Å². The van der Waals surface area contributed by atoms with Crippen LogP contribution < -0.4 is 15.8 Å². The predicted octanol–water partition coefficient (Wildman–Crippen LogP) is 4.30. The first-order valence-corrected chi connectivity index (χ1v) is 9.72. The maximum absolute atomic E-state index is 13.2. The van der Waals surface area contributed by atoms with Gasteiger partial charge in [0.1, 0.15) is 0 Å². The molecule has 29 heavy (non-hydrogen) atoms. The molecule has 0 spiro atoms. The van der Waals surface area contributed by atoms with Gasteiger partial charge in [0.05, 0.1) is 16.6 Å². The van der Waals surface area contributed by atoms with E-state index in [9.17, 15) is 9.59 Å². The molecule has 5 heteroatoms. The molecule has 0 aliphatic heterocycles. The summed E-state index contributed by atoms with van der Waals surface area (Å²) in [5, 5.41) is 2.45. The van der Waals surface area contributed by atoms with Crippen molar-refractivity contribution in [3.63, 3.8) is 0 Å². The molecular formula is C24H21N3O2. The highest BCUT2D eigenvalue weighted by molar-refractivity contribution is 6.03. The van der Waals surface area contributed by atoms with Gasteiger partial charge in [-0.25, -0.2) is 0 Å². The molecule has 2 N–H and O–H groups in total. The minimum Gasteiger partial charge on any atom is -0.378 e. The smallest absolute Gasteiger partial charge is 0.197 e. The zero-order valence-corrected chi connectivity index (χ0v) is 16.6. The van der Waals surface area contributed by atoms with Crippen LogP contribution in [0.5, 0.6) is 0 Å². The minimum absolute atomic E-state index is 0.0257. The Morgan fingerprint density at radius 3 is 1.93 bits per heavy atom. The zero-order valence-electron chi connectivity index (χ0n) is 16.6. The Morgan fingerprint density at radius 1 is 0.690 bits per heavy atom. The van der Waals surface area contributed by atoms with Crippen molar-refractivity contribution < 1.29 is 0 Å². The first-order valence-electron chi connectivity index (χ1n) is 9.72. The van der Waals surface area contributed by atoms with Gasteiger partial charge in [-0.05, 0) is 54.4 Å². The number of benzene rings is 3. The monoisotopic (exact) mass is 383 g/mol. The standard InChI is InChI=1S/C24H21N3O2/c1-4-13-5-7-15-20(9-13)26-22-12-18-21(11-17(22)23(15)28)25-19-8-6-14(27(2)3)10-16(19)24(18)29/h5-12H,4H2,1-3H3,(H,25,29)(H,26,28). The van der Waals surface area contributed by atoms with Crippen molar-refractivity contribution >= 4 is 49.3 Å². The van der Waals surface area contributed by atoms with E-state index in [4.69, 9.17) is 0 Å². The van der Waals surface area contributed by atoms with Crippen molar-refractivity contribution in [2.75, 3.05) is 19.0 Å². The van der Waals surface area contributed by atoms with Gasteiger partial charge >= 0.3 is 0 Å². The molecule has 0 unspecified atom stereocenters. The number of nitrogens with zero attached hydrogens (tertiary/aromatic N) is 1. The van der Waals surface area contributed by atoms with Gasteiger partial charge in [0.25, 0.3) is 0 Å². The van der Waals surface area contributed by atoms with Crippen molar-refractivity contribution in [1.29, 1.82) is 0 Å². The van der Waals surface area contributed by atoms with Crippen molar-refractivity contribution in [2.24, 2.45) is 0 Å². The average Bonchev–Trinajstić information content (AvgIpc) is 2.72. The number of anilines is 1. The van der Waals surface area contributed by atoms with Crippen molar-refractivity contribution in [1.82, 2.24) is 9.97 Å². The van der Waals surface area contributed by atoms with E-state index in [1.54, 1.807) is 12.1 Å². The number of fused-ring (bicyclic) bond motifs is 4. The fourth-order valence-electron chi connectivity index (χ4n) is 3.98. The summed E-state index contributed by atoms with van der Waals surface area (Å²) >= 11 is 0. The maximum Gasteiger partial charge on any atom is 0.197 e. The van der Waals surface area contributed by atoms with Gasteiger partial charge in [0.2, 0.25) is 0 Å². The lowest BCUT2D eigenvalue weighted by atomic mass is 10.0. The normalized spacial score (nSPS) is 11.7. The van der Waals surface area contributed by atoms with Crippen LogP contribution >= 0.6 is 0 Å². The molecule has 3 aromatic carbocycles. The van der Waals surface area contributed by atoms with E-state index in [0.717, 1.165) is 28.7 Å². The Morgan fingerprint density at radius 2 is 1.28 bits per heavy atom. The number of aromatic nitrogens is 2. The molecule has 0 aliphatic rings. The summed E-state index contributed by atoms with van der Waals surface area (Å²) in [5.41, 5.74) is 4.97. The number of nitrogens with one attached hydrogen (secondary N) is 2. The van der Waals surface area contributed by atoms with Gasteiger partial charge in [-0.1, -0.05) is 13.0 Å². The highest BCUT2D eigenvalue weighted by Gasteiger charge is 2.12. The molecule has 0 radical (unpaired) electrons. The lowest BCUT2D eigenvalue weighted by molar-refractivity contribution is 1.13. The third kappa shape index (κ3) is 2.62. The lowest BCUT2D eigenvalue weighted by Crippen LogP contribution is -2.11. The molecule has 2 heterocycles. The van der Waals surface area contributed by atoms with Crippen LogP contribution in [0.2, 0.25) is 0 Å². The van der Waals surface area contributed by atoms with Crippen molar-refractivity contribution in [3.05, 3.63) is 74.5 Å². The highest BCUT2D eigenvalue weighted by atomic mass is 16.1. The second-order valence-electron chi connectivity index (χ2n) is 7.71. The Labute approximate surface area is 166 Å². The fraction of sp³-hybridized carbons (Fsp3) is 0.167. The summed E-state index contributed by atoms with van der Waals surface area (Å²) in [6.45, 7) is 2.08. The largest absolute Gasteiger partial charge is 0.378 e. The van der Waals surface area contributed by atoms with Gasteiger partial charge in [0, 0.05) is 46.8 Å². The molecule has 0 fully saturated rings. The van der Waals surface area contributed by atoms with E-state index in [1.807, 2.05) is 55.4 Å². The van der Waals surface area contributed by atoms with Gasteiger partial charge < -0.3 is 14.9 Å². The molecule has 0 atom stereocenters. The number of aryl methyl sites for hydroxylation is 1. The summed E-state index contributed by atoms with van der Waals surface area (Å²) in [6, 6.07) is 15.2. The molecule has 5 rings (SSSR count). The molecular weight excluding hydrogens is 362 g/mol. The Kier molecular flexibility index (Phi) is 3.74. The number of H-pyrrole nitrogens is 2. The fourth-order valence-corrected chi connectivity index (χ4v) is 3.98. The summed E-state index contributed by atoms with van der Waals surface area (Å²) in [4.78, 5) is 35.0. The molecule has 2 aromatic heterocycles. The van der Waals surface area contributed by atoms with E-state index in [2.05, 4.69) is 16.9 Å². The average molecular weight is 383 g/mol. The van der Waals surface area contributed by atoms with Crippen LogP contribution in [0.15, 0.2) is 58.1 Å². The number of rotatable bonds is 2. The first-order chi connectivity index (χ1) is 14.0. The van der Waals surface area contributed by atoms with Crippen molar-refractivity contribution in [3.8, 4) is 0 Å². The van der Waals surface area contributed by atoms with Gasteiger partial charge in [0.15, 0.2) is 10.9 Å². The van der Waals surface area contributed by atoms with Crippen LogP contribution in [0.1, 0.15) is 12.5 Å². The van der Waals surface area contributed by atoms with E-state index < -0.39 is 0 Å². The molecule has 5 nitrogen and oxygen atoms in total. The van der Waals surface area contributed by atoms with E-state index in [1.165, 1.54) is 0 Å². The molecule has 0 saturated heterocycles. The number of aromatic amines is 2. The molecule has 5 aromatic rings. The van der Waals surface area contributed by atoms with Crippen LogP contribution in [0, 0.1) is 0 Å². The molecule has 0 bridgehead atoms. The van der Waals surface area contributed by atoms with E-state index in [0.29, 0.717) is 32.6 Å². The van der Waals surface area contributed by atoms with Crippen LogP contribution in [0.25, 0.3) is 43.6 Å². The van der Waals surface area contributed by atoms with E-state index in [-0.39, 0.29) is 10.9 Å². The third-order valence-corrected chi connectivity index (χ3v) is 5.69. The van der Waals surface area contributed by atoms with Crippen LogP contribution in [0.4, 0.5) is 5.69 Å². The topological polar surface area (TPSA) is 69.0 Å². The van der Waals surface area contributed by atoms with Crippen molar-refractivity contribution in [2.45, 2.75) is 13.3 Å². The zero-order chi connectivity index (χ0) is 20.3. The van der Waals surface area contributed by atoms with Crippen LogP contribution in [-0.4, -0.2) is 24.1 Å². The number of hydrogen-bond donors (Lipinski definition) is 2.